The first-order chi connectivity index (χ1) is 12.5. The van der Waals surface area contributed by atoms with Gasteiger partial charge in [0.25, 0.3) is 0 Å². The molecule has 138 valence electrons. The number of nitrogens with one attached hydrogen (secondary N) is 1. The number of nitrogens with zero attached hydrogens (tertiary/aromatic N) is 4. The molecule has 2 aromatic rings. The van der Waals surface area contributed by atoms with Crippen LogP contribution in [0.1, 0.15) is 19.8 Å². The molecule has 1 atom stereocenters. The summed E-state index contributed by atoms with van der Waals surface area (Å²) in [6.45, 7) is 3.54. The van der Waals surface area contributed by atoms with Crippen LogP contribution in [-0.4, -0.2) is 35.1 Å². The number of anilines is 4. The van der Waals surface area contributed by atoms with E-state index in [1.807, 2.05) is 17.0 Å². The number of nitro groups is 1. The van der Waals surface area contributed by atoms with Gasteiger partial charge in [0.2, 0.25) is 17.6 Å². The Bertz CT molecular complexity index is 796. The van der Waals surface area contributed by atoms with Crippen LogP contribution in [0.4, 0.5) is 29.0 Å². The van der Waals surface area contributed by atoms with Crippen LogP contribution in [0.5, 0.6) is 5.75 Å². The summed E-state index contributed by atoms with van der Waals surface area (Å²) in [7, 11) is 1.59. The lowest BCUT2D eigenvalue weighted by atomic mass is 10.0. The molecule has 0 unspecified atom stereocenters. The van der Waals surface area contributed by atoms with Crippen LogP contribution in [0.2, 0.25) is 0 Å². The first-order valence-electron chi connectivity index (χ1n) is 8.46. The molecule has 2 heterocycles. The number of methoxy groups -OCH3 is 1. The summed E-state index contributed by atoms with van der Waals surface area (Å²) in [5, 5.41) is 14.5. The largest absolute Gasteiger partial charge is 0.497 e. The molecule has 0 radical (unpaired) electrons. The smallest absolute Gasteiger partial charge is 0.353 e. The van der Waals surface area contributed by atoms with Gasteiger partial charge in [-0.1, -0.05) is 6.92 Å². The Hall–Kier alpha value is -3.10. The number of hydrogen-bond donors (Lipinski definition) is 2. The van der Waals surface area contributed by atoms with E-state index in [0.29, 0.717) is 19.0 Å². The monoisotopic (exact) mass is 358 g/mol. The van der Waals surface area contributed by atoms with Gasteiger partial charge in [0.05, 0.1) is 12.0 Å². The second kappa shape index (κ2) is 7.42. The maximum atomic E-state index is 11.5. The number of aromatic nitrogens is 2. The van der Waals surface area contributed by atoms with Crippen LogP contribution in [0.3, 0.4) is 0 Å². The van der Waals surface area contributed by atoms with E-state index in [2.05, 4.69) is 22.2 Å². The van der Waals surface area contributed by atoms with E-state index < -0.39 is 4.92 Å². The average molecular weight is 358 g/mol. The quantitative estimate of drug-likeness (QED) is 0.618. The highest BCUT2D eigenvalue weighted by atomic mass is 16.6. The van der Waals surface area contributed by atoms with Crippen molar-refractivity contribution < 1.29 is 9.66 Å². The fourth-order valence-electron chi connectivity index (χ4n) is 3.10. The number of nitrogen functional groups attached to an aromatic ring is 1. The molecule has 9 nitrogen and oxygen atoms in total. The van der Waals surface area contributed by atoms with Gasteiger partial charge in [-0.05, 0) is 43.0 Å². The van der Waals surface area contributed by atoms with E-state index >= 15 is 0 Å². The highest BCUT2D eigenvalue weighted by Crippen LogP contribution is 2.35. The van der Waals surface area contributed by atoms with Gasteiger partial charge in [0, 0.05) is 18.8 Å². The minimum absolute atomic E-state index is 0.144. The minimum atomic E-state index is -0.513. The molecule has 3 N–H and O–H groups in total. The van der Waals surface area contributed by atoms with Gasteiger partial charge < -0.3 is 20.7 Å². The first kappa shape index (κ1) is 17.7. The van der Waals surface area contributed by atoms with Gasteiger partial charge in [0.1, 0.15) is 5.75 Å². The Morgan fingerprint density at radius 2 is 2.08 bits per heavy atom. The van der Waals surface area contributed by atoms with Gasteiger partial charge in [-0.2, -0.15) is 9.97 Å². The number of rotatable bonds is 5. The van der Waals surface area contributed by atoms with Crippen molar-refractivity contribution >= 4 is 29.0 Å². The molecule has 1 aromatic heterocycles. The highest BCUT2D eigenvalue weighted by molar-refractivity contribution is 5.72. The molecular weight excluding hydrogens is 336 g/mol. The van der Waals surface area contributed by atoms with Crippen LogP contribution >= 0.6 is 0 Å². The summed E-state index contributed by atoms with van der Waals surface area (Å²) in [6, 6.07) is 7.21. The third kappa shape index (κ3) is 3.76. The maximum absolute atomic E-state index is 11.5. The van der Waals surface area contributed by atoms with Crippen molar-refractivity contribution in [3.63, 3.8) is 0 Å². The number of piperidine rings is 1. The molecule has 9 heteroatoms. The van der Waals surface area contributed by atoms with Crippen molar-refractivity contribution in [2.75, 3.05) is 36.1 Å². The van der Waals surface area contributed by atoms with Crippen molar-refractivity contribution in [2.45, 2.75) is 19.8 Å². The van der Waals surface area contributed by atoms with Crippen molar-refractivity contribution in [1.82, 2.24) is 9.97 Å². The van der Waals surface area contributed by atoms with Crippen LogP contribution in [-0.2, 0) is 0 Å². The summed E-state index contributed by atoms with van der Waals surface area (Å²) < 4.78 is 5.13. The van der Waals surface area contributed by atoms with Gasteiger partial charge in [0.15, 0.2) is 0 Å². The molecule has 0 spiro atoms. The summed E-state index contributed by atoms with van der Waals surface area (Å²) >= 11 is 0. The van der Waals surface area contributed by atoms with Gasteiger partial charge in [-0.15, -0.1) is 0 Å². The second-order valence-electron chi connectivity index (χ2n) is 6.41. The SMILES string of the molecule is COc1ccc(Nc2nc(N)c([N+](=O)[O-])c(N3CCC[C@@H](C)C3)n2)cc1. The van der Waals surface area contributed by atoms with Gasteiger partial charge in [-0.25, -0.2) is 0 Å². The zero-order valence-corrected chi connectivity index (χ0v) is 14.8. The highest BCUT2D eigenvalue weighted by Gasteiger charge is 2.29. The zero-order chi connectivity index (χ0) is 18.7. The number of nitrogens with two attached hydrogens (primary N) is 1. The van der Waals surface area contributed by atoms with E-state index in [0.717, 1.165) is 24.3 Å². The van der Waals surface area contributed by atoms with Crippen molar-refractivity contribution in [2.24, 2.45) is 5.92 Å². The number of ether oxygens (including phenoxy) is 1. The zero-order valence-electron chi connectivity index (χ0n) is 14.8. The maximum Gasteiger partial charge on any atom is 0.353 e. The lowest BCUT2D eigenvalue weighted by Crippen LogP contribution is -2.35. The lowest BCUT2D eigenvalue weighted by molar-refractivity contribution is -0.383. The number of benzene rings is 1. The summed E-state index contributed by atoms with van der Waals surface area (Å²) in [6.07, 6.45) is 2.06. The van der Waals surface area contributed by atoms with Gasteiger partial charge in [-0.3, -0.25) is 10.1 Å². The predicted molar refractivity (Wildman–Crippen MR) is 100.0 cm³/mol. The fourth-order valence-corrected chi connectivity index (χ4v) is 3.10. The summed E-state index contributed by atoms with van der Waals surface area (Å²) in [4.78, 5) is 21.4. The number of hydrogen-bond acceptors (Lipinski definition) is 8. The van der Waals surface area contributed by atoms with E-state index in [9.17, 15) is 10.1 Å². The van der Waals surface area contributed by atoms with Crippen LogP contribution in [0.25, 0.3) is 0 Å². The summed E-state index contributed by atoms with van der Waals surface area (Å²) in [5.41, 5.74) is 6.38. The molecule has 1 fully saturated rings. The van der Waals surface area contributed by atoms with Crippen molar-refractivity contribution in [3.05, 3.63) is 34.4 Å². The summed E-state index contributed by atoms with van der Waals surface area (Å²) in [5.74, 6) is 1.52. The molecule has 0 aliphatic carbocycles. The van der Waals surface area contributed by atoms with Crippen molar-refractivity contribution in [3.8, 4) is 5.75 Å². The average Bonchev–Trinajstić information content (AvgIpc) is 2.61. The van der Waals surface area contributed by atoms with Crippen molar-refractivity contribution in [1.29, 1.82) is 0 Å². The molecule has 1 aliphatic heterocycles. The molecule has 1 aliphatic rings. The molecule has 0 bridgehead atoms. The van der Waals surface area contributed by atoms with E-state index in [1.54, 1.807) is 19.2 Å². The van der Waals surface area contributed by atoms with E-state index in [4.69, 9.17) is 10.5 Å². The minimum Gasteiger partial charge on any atom is -0.497 e. The fraction of sp³-hybridized carbons (Fsp3) is 0.412. The normalized spacial score (nSPS) is 17.0. The molecule has 1 saturated heterocycles. The predicted octanol–water partition coefficient (Wildman–Crippen LogP) is 2.96. The molecule has 0 amide bonds. The Kier molecular flexibility index (Phi) is 5.06. The lowest BCUT2D eigenvalue weighted by Gasteiger charge is -2.31. The third-order valence-electron chi connectivity index (χ3n) is 4.38. The standard InChI is InChI=1S/C17H22N6O3/c1-11-4-3-9-22(10-11)16-14(23(24)25)15(18)20-17(21-16)19-12-5-7-13(26-2)8-6-12/h5-8,11H,3-4,9-10H2,1-2H3,(H3,18,19,20,21)/t11-/m1/s1. The molecule has 3 rings (SSSR count). The second-order valence-corrected chi connectivity index (χ2v) is 6.41. The van der Waals surface area contributed by atoms with Crippen LogP contribution in [0.15, 0.2) is 24.3 Å². The van der Waals surface area contributed by atoms with E-state index in [1.165, 1.54) is 0 Å². The van der Waals surface area contributed by atoms with Crippen LogP contribution in [0, 0.1) is 16.0 Å². The Morgan fingerprint density at radius 3 is 2.69 bits per heavy atom. The molecule has 26 heavy (non-hydrogen) atoms. The first-order valence-corrected chi connectivity index (χ1v) is 8.46. The van der Waals surface area contributed by atoms with Crippen LogP contribution < -0.4 is 20.7 Å². The Labute approximate surface area is 151 Å². The van der Waals surface area contributed by atoms with E-state index in [-0.39, 0.29) is 23.3 Å². The Morgan fingerprint density at radius 1 is 1.35 bits per heavy atom. The molecular formula is C17H22N6O3. The van der Waals surface area contributed by atoms with Gasteiger partial charge >= 0.3 is 5.69 Å². The topological polar surface area (TPSA) is 119 Å². The third-order valence-corrected chi connectivity index (χ3v) is 4.38. The Balaban J connectivity index is 1.94. The molecule has 0 saturated carbocycles. The molecule has 1 aromatic carbocycles.